The Labute approximate surface area is 259 Å². The van der Waals surface area contributed by atoms with Gasteiger partial charge in [-0.1, -0.05) is 53.0 Å². The number of ether oxygens (including phenoxy) is 3. The second kappa shape index (κ2) is 12.3. The number of benzene rings is 4. The van der Waals surface area contributed by atoms with E-state index in [0.717, 1.165) is 4.90 Å². The number of amides is 2. The maximum Gasteiger partial charge on any atom is 0.343 e. The van der Waals surface area contributed by atoms with E-state index in [4.69, 9.17) is 49.0 Å². The lowest BCUT2D eigenvalue weighted by molar-refractivity contribution is 0.0471. The summed E-state index contributed by atoms with van der Waals surface area (Å²) in [5, 5.41) is 0.0655. The van der Waals surface area contributed by atoms with Crippen molar-refractivity contribution in [3.63, 3.8) is 0 Å². The standard InChI is InChI=1S/C31H18Cl3NO8/c1-41-27-14-25(35-28(37)19-11-22(32)23(33)12-20(19)29(35)38)24(34)13-21(27)31(40)42-15-26(36)16-7-9-18(10-8-16)43-30(39)17-5-3-2-4-6-17/h2-14H,15H2,1H3. The summed E-state index contributed by atoms with van der Waals surface area (Å²) in [4.78, 5) is 64.7. The minimum Gasteiger partial charge on any atom is -0.496 e. The SMILES string of the molecule is COc1cc(N2C(=O)c3cc(Cl)c(Cl)cc3C2=O)c(Cl)cc1C(=O)OCC(=O)c1ccc(OC(=O)c2ccccc2)cc1. The third kappa shape index (κ3) is 5.96. The minimum absolute atomic E-state index is 0.0406. The molecule has 0 aromatic heterocycles. The molecule has 0 N–H and O–H groups in total. The lowest BCUT2D eigenvalue weighted by Crippen LogP contribution is -2.29. The summed E-state index contributed by atoms with van der Waals surface area (Å²) in [6.45, 7) is -0.621. The van der Waals surface area contributed by atoms with E-state index in [1.54, 1.807) is 30.3 Å². The third-order valence-corrected chi connectivity index (χ3v) is 7.41. The number of nitrogens with zero attached hydrogens (tertiary/aromatic N) is 1. The number of Topliss-reactive ketones (excluding diaryl/α,β-unsaturated/α-hetero) is 1. The van der Waals surface area contributed by atoms with Crippen LogP contribution in [0.1, 0.15) is 51.8 Å². The van der Waals surface area contributed by atoms with Crippen molar-refractivity contribution < 1.29 is 38.2 Å². The molecule has 1 aliphatic heterocycles. The second-order valence-corrected chi connectivity index (χ2v) is 10.3. The van der Waals surface area contributed by atoms with E-state index in [9.17, 15) is 24.0 Å². The number of anilines is 1. The highest BCUT2D eigenvalue weighted by atomic mass is 35.5. The van der Waals surface area contributed by atoms with Crippen LogP contribution in [0.3, 0.4) is 0 Å². The van der Waals surface area contributed by atoms with Crippen LogP contribution >= 0.6 is 34.8 Å². The van der Waals surface area contributed by atoms with Gasteiger partial charge >= 0.3 is 11.9 Å². The third-order valence-electron chi connectivity index (χ3n) is 6.39. The topological polar surface area (TPSA) is 116 Å². The molecule has 0 saturated carbocycles. The molecule has 12 heteroatoms. The molecule has 0 radical (unpaired) electrons. The van der Waals surface area contributed by atoms with Gasteiger partial charge in [-0.3, -0.25) is 14.4 Å². The first-order valence-electron chi connectivity index (χ1n) is 12.4. The van der Waals surface area contributed by atoms with Crippen molar-refractivity contribution in [2.45, 2.75) is 0 Å². The van der Waals surface area contributed by atoms with Gasteiger partial charge in [-0.25, -0.2) is 14.5 Å². The van der Waals surface area contributed by atoms with Crippen LogP contribution in [-0.4, -0.2) is 43.3 Å². The second-order valence-electron chi connectivity index (χ2n) is 9.04. The van der Waals surface area contributed by atoms with Crippen LogP contribution in [0.4, 0.5) is 5.69 Å². The molecular weight excluding hydrogens is 621 g/mol. The molecule has 9 nitrogen and oxygen atoms in total. The fraction of sp³-hybridized carbons (Fsp3) is 0.0645. The molecule has 5 rings (SSSR count). The molecule has 4 aromatic carbocycles. The Balaban J connectivity index is 1.27. The Hall–Kier alpha value is -4.70. The van der Waals surface area contributed by atoms with Crippen molar-refractivity contribution in [1.82, 2.24) is 0 Å². The zero-order valence-corrected chi connectivity index (χ0v) is 24.3. The first kappa shape index (κ1) is 29.8. The summed E-state index contributed by atoms with van der Waals surface area (Å²) in [5.41, 5.74) is 0.473. The Morgan fingerprint density at radius 2 is 1.33 bits per heavy atom. The number of ketones is 1. The molecular formula is C31H18Cl3NO8. The molecule has 4 aromatic rings. The van der Waals surface area contributed by atoms with E-state index in [1.165, 1.54) is 55.6 Å². The largest absolute Gasteiger partial charge is 0.496 e. The highest BCUT2D eigenvalue weighted by Crippen LogP contribution is 2.39. The van der Waals surface area contributed by atoms with Crippen LogP contribution in [-0.2, 0) is 4.74 Å². The zero-order valence-electron chi connectivity index (χ0n) is 22.1. The van der Waals surface area contributed by atoms with Crippen molar-refractivity contribution in [3.8, 4) is 11.5 Å². The number of esters is 2. The van der Waals surface area contributed by atoms with E-state index in [0.29, 0.717) is 5.56 Å². The summed E-state index contributed by atoms with van der Waals surface area (Å²) >= 11 is 18.4. The summed E-state index contributed by atoms with van der Waals surface area (Å²) in [6, 6.07) is 19.1. The molecule has 2 amide bonds. The molecule has 0 atom stereocenters. The predicted octanol–water partition coefficient (Wildman–Crippen LogP) is 6.71. The molecule has 0 saturated heterocycles. The van der Waals surface area contributed by atoms with Crippen LogP contribution in [0.25, 0.3) is 0 Å². The van der Waals surface area contributed by atoms with Gasteiger partial charge < -0.3 is 14.2 Å². The minimum atomic E-state index is -0.937. The fourth-order valence-electron chi connectivity index (χ4n) is 4.24. The number of halogens is 3. The van der Waals surface area contributed by atoms with Gasteiger partial charge in [0.15, 0.2) is 12.4 Å². The number of imide groups is 1. The Morgan fingerprint density at radius 1 is 0.721 bits per heavy atom. The normalized spacial score (nSPS) is 12.1. The van der Waals surface area contributed by atoms with Gasteiger partial charge in [-0.2, -0.15) is 0 Å². The highest BCUT2D eigenvalue weighted by molar-refractivity contribution is 6.45. The molecule has 1 heterocycles. The van der Waals surface area contributed by atoms with Crippen LogP contribution in [0, 0.1) is 0 Å². The highest BCUT2D eigenvalue weighted by Gasteiger charge is 2.39. The van der Waals surface area contributed by atoms with E-state index >= 15 is 0 Å². The smallest absolute Gasteiger partial charge is 0.343 e. The van der Waals surface area contributed by atoms with Gasteiger partial charge in [0.25, 0.3) is 11.8 Å². The number of fused-ring (bicyclic) bond motifs is 1. The maximum atomic E-state index is 13.0. The lowest BCUT2D eigenvalue weighted by Gasteiger charge is -2.18. The summed E-state index contributed by atoms with van der Waals surface area (Å²) < 4.78 is 15.8. The fourth-order valence-corrected chi connectivity index (χ4v) is 4.81. The van der Waals surface area contributed by atoms with Gasteiger partial charge in [-0.15, -0.1) is 0 Å². The number of carbonyl (C=O) groups excluding carboxylic acids is 5. The molecule has 0 aliphatic carbocycles. The van der Waals surface area contributed by atoms with Gasteiger partial charge in [0.1, 0.15) is 17.1 Å². The quantitative estimate of drug-likeness (QED) is 0.0905. The zero-order chi connectivity index (χ0) is 30.8. The average molecular weight is 639 g/mol. The molecule has 0 fully saturated rings. The van der Waals surface area contributed by atoms with Crippen LogP contribution in [0.5, 0.6) is 11.5 Å². The summed E-state index contributed by atoms with van der Waals surface area (Å²) in [7, 11) is 1.27. The molecule has 0 bridgehead atoms. The van der Waals surface area contributed by atoms with E-state index < -0.39 is 36.1 Å². The first-order chi connectivity index (χ1) is 20.6. The molecule has 0 unspecified atom stereocenters. The van der Waals surface area contributed by atoms with Crippen LogP contribution < -0.4 is 14.4 Å². The van der Waals surface area contributed by atoms with Crippen molar-refractivity contribution in [2.24, 2.45) is 0 Å². The van der Waals surface area contributed by atoms with Crippen molar-refractivity contribution >= 4 is 70.0 Å². The van der Waals surface area contributed by atoms with Gasteiger partial charge in [0.05, 0.1) is 44.6 Å². The number of hydrogen-bond acceptors (Lipinski definition) is 8. The van der Waals surface area contributed by atoms with Crippen molar-refractivity contribution in [2.75, 3.05) is 18.6 Å². The number of hydrogen-bond donors (Lipinski definition) is 0. The van der Waals surface area contributed by atoms with Gasteiger partial charge in [0.2, 0.25) is 0 Å². The van der Waals surface area contributed by atoms with Crippen molar-refractivity contribution in [3.05, 3.63) is 122 Å². The van der Waals surface area contributed by atoms with Crippen LogP contribution in [0.2, 0.25) is 15.1 Å². The van der Waals surface area contributed by atoms with E-state index in [1.807, 2.05) is 0 Å². The van der Waals surface area contributed by atoms with Gasteiger partial charge in [-0.05, 0) is 54.6 Å². The lowest BCUT2D eigenvalue weighted by atomic mass is 10.1. The van der Waals surface area contributed by atoms with E-state index in [2.05, 4.69) is 0 Å². The molecule has 216 valence electrons. The van der Waals surface area contributed by atoms with Gasteiger partial charge in [0, 0.05) is 11.6 Å². The molecule has 1 aliphatic rings. The maximum absolute atomic E-state index is 13.0. The average Bonchev–Trinajstić information content (AvgIpc) is 3.24. The van der Waals surface area contributed by atoms with Crippen LogP contribution in [0.15, 0.2) is 78.9 Å². The summed E-state index contributed by atoms with van der Waals surface area (Å²) in [6.07, 6.45) is 0. The summed E-state index contributed by atoms with van der Waals surface area (Å²) in [5.74, 6) is -3.23. The molecule has 0 spiro atoms. The number of methoxy groups -OCH3 is 1. The Morgan fingerprint density at radius 3 is 1.91 bits per heavy atom. The van der Waals surface area contributed by atoms with Crippen molar-refractivity contribution in [1.29, 1.82) is 0 Å². The Kier molecular flexibility index (Phi) is 8.50. The Bertz CT molecular complexity index is 1770. The number of rotatable bonds is 8. The number of carbonyl (C=O) groups is 5. The molecule has 43 heavy (non-hydrogen) atoms. The predicted molar refractivity (Wildman–Crippen MR) is 158 cm³/mol. The van der Waals surface area contributed by atoms with E-state index in [-0.39, 0.29) is 54.5 Å². The first-order valence-corrected chi connectivity index (χ1v) is 13.6. The monoisotopic (exact) mass is 637 g/mol.